The number of hydrogen-bond donors (Lipinski definition) is 2. The summed E-state index contributed by atoms with van der Waals surface area (Å²) in [5, 5.41) is 25.4. The van der Waals surface area contributed by atoms with Gasteiger partial charge in [0.2, 0.25) is 0 Å². The van der Waals surface area contributed by atoms with E-state index < -0.39 is 4.92 Å². The van der Waals surface area contributed by atoms with E-state index in [1.54, 1.807) is 12.1 Å². The number of hydrogen-bond acceptors (Lipinski definition) is 6. The van der Waals surface area contributed by atoms with Gasteiger partial charge < -0.3 is 15.2 Å². The minimum atomic E-state index is -0.499. The first-order valence-corrected chi connectivity index (χ1v) is 8.20. The molecule has 0 radical (unpaired) electrons. The van der Waals surface area contributed by atoms with Gasteiger partial charge in [-0.15, -0.1) is 10.2 Å². The summed E-state index contributed by atoms with van der Waals surface area (Å²) < 4.78 is 2.08. The third kappa shape index (κ3) is 3.30. The first-order chi connectivity index (χ1) is 12.0. The molecule has 9 heteroatoms. The van der Waals surface area contributed by atoms with Crippen LogP contribution in [0.2, 0.25) is 0 Å². The SMILES string of the molecule is CNC(=O)c1ccc(NC(C)c2nnc3n2CCCC3)c([N+](=O)[O-])c1. The minimum absolute atomic E-state index is 0.147. The van der Waals surface area contributed by atoms with Crippen molar-refractivity contribution in [2.75, 3.05) is 12.4 Å². The van der Waals surface area contributed by atoms with Gasteiger partial charge in [0.1, 0.15) is 11.5 Å². The van der Waals surface area contributed by atoms with Crippen LogP contribution in [-0.4, -0.2) is 32.6 Å². The number of anilines is 1. The molecule has 2 aromatic rings. The van der Waals surface area contributed by atoms with Crippen molar-refractivity contribution < 1.29 is 9.72 Å². The monoisotopic (exact) mass is 344 g/mol. The van der Waals surface area contributed by atoms with Crippen molar-refractivity contribution in [2.45, 2.75) is 38.8 Å². The summed E-state index contributed by atoms with van der Waals surface area (Å²) in [4.78, 5) is 22.6. The minimum Gasteiger partial charge on any atom is -0.370 e. The van der Waals surface area contributed by atoms with Crippen LogP contribution in [0, 0.1) is 10.1 Å². The molecule has 1 aromatic carbocycles. The second-order valence-electron chi connectivity index (χ2n) is 6.02. The number of carbonyl (C=O) groups excluding carboxylic acids is 1. The smallest absolute Gasteiger partial charge is 0.293 e. The molecule has 0 saturated carbocycles. The van der Waals surface area contributed by atoms with Crippen LogP contribution >= 0.6 is 0 Å². The number of aryl methyl sites for hydroxylation is 1. The molecule has 2 heterocycles. The summed E-state index contributed by atoms with van der Waals surface area (Å²) >= 11 is 0. The number of benzene rings is 1. The third-order valence-corrected chi connectivity index (χ3v) is 4.33. The van der Waals surface area contributed by atoms with Gasteiger partial charge in [-0.1, -0.05) is 0 Å². The van der Waals surface area contributed by atoms with Crippen molar-refractivity contribution in [3.05, 3.63) is 45.5 Å². The normalized spacial score (nSPS) is 14.5. The molecule has 1 aromatic heterocycles. The second kappa shape index (κ2) is 6.88. The van der Waals surface area contributed by atoms with Crippen LogP contribution in [0.15, 0.2) is 18.2 Å². The molecule has 132 valence electrons. The topological polar surface area (TPSA) is 115 Å². The van der Waals surface area contributed by atoms with Crippen molar-refractivity contribution >= 4 is 17.3 Å². The number of rotatable bonds is 5. The molecule has 0 bridgehead atoms. The van der Waals surface area contributed by atoms with Crippen molar-refractivity contribution in [1.29, 1.82) is 0 Å². The maximum atomic E-state index is 11.7. The van der Waals surface area contributed by atoms with Gasteiger partial charge in [-0.3, -0.25) is 14.9 Å². The number of nitro groups is 1. The van der Waals surface area contributed by atoms with Crippen LogP contribution in [-0.2, 0) is 13.0 Å². The number of nitrogens with one attached hydrogen (secondary N) is 2. The fraction of sp³-hybridized carbons (Fsp3) is 0.438. The highest BCUT2D eigenvalue weighted by Gasteiger charge is 2.23. The van der Waals surface area contributed by atoms with Crippen LogP contribution in [0.4, 0.5) is 11.4 Å². The Labute approximate surface area is 144 Å². The quantitative estimate of drug-likeness (QED) is 0.634. The Morgan fingerprint density at radius 1 is 1.36 bits per heavy atom. The number of nitro benzene ring substituents is 1. The summed E-state index contributed by atoms with van der Waals surface area (Å²) in [7, 11) is 1.48. The molecule has 1 amide bonds. The second-order valence-corrected chi connectivity index (χ2v) is 6.02. The van der Waals surface area contributed by atoms with Crippen molar-refractivity contribution in [2.24, 2.45) is 0 Å². The lowest BCUT2D eigenvalue weighted by Crippen LogP contribution is -2.19. The lowest BCUT2D eigenvalue weighted by atomic mass is 10.1. The molecule has 0 spiro atoms. The molecule has 9 nitrogen and oxygen atoms in total. The van der Waals surface area contributed by atoms with Gasteiger partial charge in [-0.25, -0.2) is 0 Å². The molecular weight excluding hydrogens is 324 g/mol. The predicted octanol–water partition coefficient (Wildman–Crippen LogP) is 2.06. The summed E-state index contributed by atoms with van der Waals surface area (Å²) in [5.74, 6) is 1.35. The highest BCUT2D eigenvalue weighted by Crippen LogP contribution is 2.29. The first-order valence-electron chi connectivity index (χ1n) is 8.20. The maximum Gasteiger partial charge on any atom is 0.293 e. The van der Waals surface area contributed by atoms with Gasteiger partial charge in [-0.05, 0) is 31.9 Å². The van der Waals surface area contributed by atoms with E-state index in [1.807, 2.05) is 6.92 Å². The molecule has 0 saturated heterocycles. The highest BCUT2D eigenvalue weighted by atomic mass is 16.6. The molecule has 1 aliphatic heterocycles. The molecule has 25 heavy (non-hydrogen) atoms. The van der Waals surface area contributed by atoms with Crippen LogP contribution in [0.1, 0.15) is 47.8 Å². The lowest BCUT2D eigenvalue weighted by Gasteiger charge is -2.19. The summed E-state index contributed by atoms with van der Waals surface area (Å²) in [6.07, 6.45) is 3.08. The van der Waals surface area contributed by atoms with Crippen molar-refractivity contribution in [3.63, 3.8) is 0 Å². The van der Waals surface area contributed by atoms with Crippen molar-refractivity contribution in [1.82, 2.24) is 20.1 Å². The van der Waals surface area contributed by atoms with Gasteiger partial charge in [0.05, 0.1) is 11.0 Å². The van der Waals surface area contributed by atoms with E-state index in [0.717, 1.165) is 37.5 Å². The Kier molecular flexibility index (Phi) is 4.64. The molecule has 1 aliphatic rings. The average Bonchev–Trinajstić information content (AvgIpc) is 3.05. The van der Waals surface area contributed by atoms with E-state index in [-0.39, 0.29) is 23.2 Å². The van der Waals surface area contributed by atoms with E-state index in [4.69, 9.17) is 0 Å². The predicted molar refractivity (Wildman–Crippen MR) is 91.5 cm³/mol. The highest BCUT2D eigenvalue weighted by molar-refractivity contribution is 5.95. The van der Waals surface area contributed by atoms with Crippen molar-refractivity contribution in [3.8, 4) is 0 Å². The Bertz CT molecular complexity index is 816. The Morgan fingerprint density at radius 2 is 2.16 bits per heavy atom. The average molecular weight is 344 g/mol. The van der Waals surface area contributed by atoms with E-state index >= 15 is 0 Å². The molecule has 0 aliphatic carbocycles. The molecule has 1 atom stereocenters. The maximum absolute atomic E-state index is 11.7. The lowest BCUT2D eigenvalue weighted by molar-refractivity contribution is -0.384. The molecule has 1 unspecified atom stereocenters. The molecule has 3 rings (SSSR count). The zero-order chi connectivity index (χ0) is 18.0. The number of fused-ring (bicyclic) bond motifs is 1. The zero-order valence-electron chi connectivity index (χ0n) is 14.2. The van der Waals surface area contributed by atoms with Gasteiger partial charge in [0.25, 0.3) is 11.6 Å². The standard InChI is InChI=1S/C16H20N6O3/c1-10(15-20-19-14-5-3-4-8-21(14)15)18-12-7-6-11(16(23)17-2)9-13(12)22(24)25/h6-7,9-10,18H,3-5,8H2,1-2H3,(H,17,23). The van der Waals surface area contributed by atoms with E-state index in [1.165, 1.54) is 13.1 Å². The Hall–Kier alpha value is -2.97. The van der Waals surface area contributed by atoms with Gasteiger partial charge in [0.15, 0.2) is 5.82 Å². The number of carbonyl (C=O) groups is 1. The first kappa shape index (κ1) is 16.9. The van der Waals surface area contributed by atoms with Crippen LogP contribution in [0.3, 0.4) is 0 Å². The largest absolute Gasteiger partial charge is 0.370 e. The molecule has 0 fully saturated rings. The van der Waals surface area contributed by atoms with Crippen LogP contribution < -0.4 is 10.6 Å². The van der Waals surface area contributed by atoms with Gasteiger partial charge >= 0.3 is 0 Å². The number of aromatic nitrogens is 3. The third-order valence-electron chi connectivity index (χ3n) is 4.33. The fourth-order valence-corrected chi connectivity index (χ4v) is 3.04. The van der Waals surface area contributed by atoms with Crippen LogP contribution in [0.5, 0.6) is 0 Å². The summed E-state index contributed by atoms with van der Waals surface area (Å²) in [5.41, 5.74) is 0.442. The van der Waals surface area contributed by atoms with Gasteiger partial charge in [-0.2, -0.15) is 0 Å². The Balaban J connectivity index is 1.88. The van der Waals surface area contributed by atoms with Crippen LogP contribution in [0.25, 0.3) is 0 Å². The van der Waals surface area contributed by atoms with E-state index in [0.29, 0.717) is 5.69 Å². The summed E-state index contributed by atoms with van der Waals surface area (Å²) in [6, 6.07) is 4.13. The van der Waals surface area contributed by atoms with E-state index in [2.05, 4.69) is 25.4 Å². The number of amides is 1. The van der Waals surface area contributed by atoms with Gasteiger partial charge in [0, 0.05) is 31.6 Å². The zero-order valence-corrected chi connectivity index (χ0v) is 14.2. The Morgan fingerprint density at radius 3 is 2.88 bits per heavy atom. The number of nitrogens with zero attached hydrogens (tertiary/aromatic N) is 4. The van der Waals surface area contributed by atoms with E-state index in [9.17, 15) is 14.9 Å². The summed E-state index contributed by atoms with van der Waals surface area (Å²) in [6.45, 7) is 2.75. The molecule has 2 N–H and O–H groups in total. The molecular formula is C16H20N6O3. The fourth-order valence-electron chi connectivity index (χ4n) is 3.04.